The van der Waals surface area contributed by atoms with Gasteiger partial charge in [-0.25, -0.2) is 0 Å². The predicted octanol–water partition coefficient (Wildman–Crippen LogP) is 13.2. The number of fused-ring (bicyclic) bond motifs is 12. The monoisotopic (exact) mass is 665 g/mol. The van der Waals surface area contributed by atoms with Gasteiger partial charge in [-0.15, -0.1) is 0 Å². The molecule has 1 aliphatic carbocycles. The van der Waals surface area contributed by atoms with Crippen molar-refractivity contribution in [1.29, 1.82) is 0 Å². The Morgan fingerprint density at radius 3 is 1.63 bits per heavy atom. The summed E-state index contributed by atoms with van der Waals surface area (Å²) in [5.74, 6) is 1.73. The van der Waals surface area contributed by atoms with Crippen LogP contribution >= 0.6 is 0 Å². The molecule has 3 heteroatoms. The smallest absolute Gasteiger partial charge is 0.136 e. The lowest BCUT2D eigenvalue weighted by Crippen LogP contribution is -2.32. The van der Waals surface area contributed by atoms with Crippen molar-refractivity contribution >= 4 is 39.0 Å². The van der Waals surface area contributed by atoms with Crippen molar-refractivity contribution in [3.05, 3.63) is 210 Å². The van der Waals surface area contributed by atoms with Gasteiger partial charge in [-0.1, -0.05) is 127 Å². The quantitative estimate of drug-likeness (QED) is 0.187. The van der Waals surface area contributed by atoms with E-state index in [0.717, 1.165) is 72.8 Å². The zero-order chi connectivity index (χ0) is 34.2. The third-order valence-electron chi connectivity index (χ3n) is 10.9. The minimum absolute atomic E-state index is 0.535. The van der Waals surface area contributed by atoms with Gasteiger partial charge in [-0.3, -0.25) is 0 Å². The topological polar surface area (TPSA) is 25.6 Å². The Morgan fingerprint density at radius 2 is 0.942 bits per heavy atom. The number of hydrogen-bond acceptors (Lipinski definition) is 3. The van der Waals surface area contributed by atoms with Crippen molar-refractivity contribution in [3.63, 3.8) is 0 Å². The number of ether oxygens (including phenoxy) is 1. The lowest BCUT2D eigenvalue weighted by Gasteiger charge is -2.39. The Bertz CT molecular complexity index is 2750. The van der Waals surface area contributed by atoms with Crippen LogP contribution in [0.4, 0.5) is 17.1 Å². The summed E-state index contributed by atoms with van der Waals surface area (Å²) in [4.78, 5) is 2.32. The molecule has 1 aliphatic heterocycles. The number of anilines is 3. The first-order valence-electron chi connectivity index (χ1n) is 17.8. The molecule has 0 amide bonds. The van der Waals surface area contributed by atoms with Gasteiger partial charge in [0, 0.05) is 38.8 Å². The predicted molar refractivity (Wildman–Crippen MR) is 211 cm³/mol. The minimum Gasteiger partial charge on any atom is -0.457 e. The molecule has 0 fully saturated rings. The van der Waals surface area contributed by atoms with Crippen LogP contribution in [-0.2, 0) is 5.41 Å². The van der Waals surface area contributed by atoms with Gasteiger partial charge in [0.1, 0.15) is 22.7 Å². The molecule has 9 aromatic rings. The Labute approximate surface area is 301 Å². The summed E-state index contributed by atoms with van der Waals surface area (Å²) in [6.45, 7) is 0. The summed E-state index contributed by atoms with van der Waals surface area (Å²) in [6.07, 6.45) is 0. The molecule has 1 spiro atoms. The summed E-state index contributed by atoms with van der Waals surface area (Å²) >= 11 is 0. The minimum atomic E-state index is -0.535. The van der Waals surface area contributed by atoms with Crippen LogP contribution in [0.15, 0.2) is 192 Å². The molecular weight excluding hydrogens is 635 g/mol. The SMILES string of the molecule is c1ccc(N(c2ccccc2)c2ccccc2-c2ccc3oc4cc5c(cc4c3c2)Oc2ccccc2C52c3ccccc3-c3ccccc32)cc1. The van der Waals surface area contributed by atoms with E-state index in [-0.39, 0.29) is 0 Å². The van der Waals surface area contributed by atoms with Crippen molar-refractivity contribution in [3.8, 4) is 33.8 Å². The summed E-state index contributed by atoms with van der Waals surface area (Å²) < 4.78 is 13.6. The lowest BCUT2D eigenvalue weighted by molar-refractivity contribution is 0.437. The summed E-state index contributed by atoms with van der Waals surface area (Å²) in [5, 5.41) is 2.09. The third-order valence-corrected chi connectivity index (χ3v) is 10.9. The highest BCUT2D eigenvalue weighted by atomic mass is 16.5. The summed E-state index contributed by atoms with van der Waals surface area (Å²) in [6, 6.07) is 66.9. The number of furan rings is 1. The molecule has 2 aliphatic rings. The second-order valence-corrected chi connectivity index (χ2v) is 13.6. The standard InChI is InChI=1S/C49H31NO2/c1-3-15-33(16-4-1)50(34-17-5-2-6-18-34)44-25-13-9-19-35(44)32-27-28-45-38(29-32)39-30-48-43(31-47(39)51-45)49(42-24-12-14-26-46(42)52-48)40-22-10-7-20-36(40)37-21-8-11-23-41(37)49/h1-31H. The zero-order valence-corrected chi connectivity index (χ0v) is 28.2. The van der Waals surface area contributed by atoms with Crippen LogP contribution in [0.25, 0.3) is 44.2 Å². The van der Waals surface area contributed by atoms with Crippen LogP contribution in [0.3, 0.4) is 0 Å². The van der Waals surface area contributed by atoms with Gasteiger partial charge in [0.05, 0.1) is 11.1 Å². The number of benzene rings is 8. The molecule has 0 unspecified atom stereocenters. The van der Waals surface area contributed by atoms with Crippen molar-refractivity contribution in [2.24, 2.45) is 0 Å². The fourth-order valence-corrected chi connectivity index (χ4v) is 8.79. The number of nitrogens with zero attached hydrogens (tertiary/aromatic N) is 1. The average molecular weight is 666 g/mol. The second-order valence-electron chi connectivity index (χ2n) is 13.6. The van der Waals surface area contributed by atoms with Crippen molar-refractivity contribution in [2.45, 2.75) is 5.41 Å². The molecule has 0 bridgehead atoms. The highest BCUT2D eigenvalue weighted by molar-refractivity contribution is 6.08. The Kier molecular flexibility index (Phi) is 6.17. The van der Waals surface area contributed by atoms with E-state index in [9.17, 15) is 0 Å². The molecule has 0 saturated carbocycles. The van der Waals surface area contributed by atoms with Crippen molar-refractivity contribution in [1.82, 2.24) is 0 Å². The fourth-order valence-electron chi connectivity index (χ4n) is 8.79. The Morgan fingerprint density at radius 1 is 0.385 bits per heavy atom. The largest absolute Gasteiger partial charge is 0.457 e. The maximum absolute atomic E-state index is 6.84. The highest BCUT2D eigenvalue weighted by Crippen LogP contribution is 2.62. The van der Waals surface area contributed by atoms with E-state index in [1.807, 2.05) is 0 Å². The first kappa shape index (κ1) is 28.9. The lowest BCUT2D eigenvalue weighted by atomic mass is 9.66. The van der Waals surface area contributed by atoms with E-state index in [0.29, 0.717) is 0 Å². The Hall–Kier alpha value is -6.84. The van der Waals surface area contributed by atoms with Gasteiger partial charge in [0.25, 0.3) is 0 Å². The highest BCUT2D eigenvalue weighted by Gasteiger charge is 2.51. The van der Waals surface area contributed by atoms with Crippen LogP contribution in [0.2, 0.25) is 0 Å². The maximum atomic E-state index is 6.84. The van der Waals surface area contributed by atoms with Crippen LogP contribution in [0.5, 0.6) is 11.5 Å². The van der Waals surface area contributed by atoms with Gasteiger partial charge in [-0.2, -0.15) is 0 Å². The van der Waals surface area contributed by atoms with E-state index < -0.39 is 5.41 Å². The number of para-hydroxylation sites is 4. The molecule has 3 nitrogen and oxygen atoms in total. The third kappa shape index (κ3) is 4.02. The first-order chi connectivity index (χ1) is 25.8. The molecule has 11 rings (SSSR count). The molecule has 2 heterocycles. The van der Waals surface area contributed by atoms with E-state index in [4.69, 9.17) is 9.15 Å². The molecule has 0 N–H and O–H groups in total. The normalized spacial score (nSPS) is 13.3. The Balaban J connectivity index is 1.13. The van der Waals surface area contributed by atoms with Gasteiger partial charge in [0.2, 0.25) is 0 Å². The van der Waals surface area contributed by atoms with Crippen LogP contribution < -0.4 is 9.64 Å². The van der Waals surface area contributed by atoms with Gasteiger partial charge in [-0.05, 0) is 88.5 Å². The van der Waals surface area contributed by atoms with E-state index in [2.05, 4.69) is 193 Å². The molecule has 0 radical (unpaired) electrons. The van der Waals surface area contributed by atoms with Gasteiger partial charge in [0.15, 0.2) is 0 Å². The van der Waals surface area contributed by atoms with E-state index in [1.54, 1.807) is 0 Å². The van der Waals surface area contributed by atoms with Gasteiger partial charge >= 0.3 is 0 Å². The number of hydrogen-bond donors (Lipinski definition) is 0. The molecule has 1 aromatic heterocycles. The molecule has 0 atom stereocenters. The van der Waals surface area contributed by atoms with Gasteiger partial charge < -0.3 is 14.1 Å². The molecule has 52 heavy (non-hydrogen) atoms. The molecule has 8 aromatic carbocycles. The van der Waals surface area contributed by atoms with Crippen molar-refractivity contribution < 1.29 is 9.15 Å². The first-order valence-corrected chi connectivity index (χ1v) is 17.8. The summed E-state index contributed by atoms with van der Waals surface area (Å²) in [7, 11) is 0. The molecular formula is C49H31NO2. The van der Waals surface area contributed by atoms with E-state index >= 15 is 0 Å². The molecule has 244 valence electrons. The molecule has 0 saturated heterocycles. The second kappa shape index (κ2) is 11.1. The fraction of sp³-hybridized carbons (Fsp3) is 0.0204. The average Bonchev–Trinajstić information content (AvgIpc) is 3.71. The maximum Gasteiger partial charge on any atom is 0.136 e. The zero-order valence-electron chi connectivity index (χ0n) is 28.2. The van der Waals surface area contributed by atoms with Crippen LogP contribution in [0.1, 0.15) is 22.3 Å². The van der Waals surface area contributed by atoms with Crippen LogP contribution in [-0.4, -0.2) is 0 Å². The number of rotatable bonds is 4. The van der Waals surface area contributed by atoms with Crippen molar-refractivity contribution in [2.75, 3.05) is 4.90 Å². The van der Waals surface area contributed by atoms with E-state index in [1.165, 1.54) is 22.3 Å². The summed E-state index contributed by atoms with van der Waals surface area (Å²) in [5.41, 5.74) is 14.0. The van der Waals surface area contributed by atoms with Crippen LogP contribution in [0, 0.1) is 0 Å².